The first kappa shape index (κ1) is 25.4. The molecule has 0 radical (unpaired) electrons. The lowest BCUT2D eigenvalue weighted by Crippen LogP contribution is -2.62. The fraction of sp³-hybridized carbons (Fsp3) is 0.323. The van der Waals surface area contributed by atoms with Crippen LogP contribution in [-0.4, -0.2) is 103 Å². The number of carbonyl (C=O) groups excluding carboxylic acids is 3. The number of para-hydroxylation sites is 2. The Kier molecular flexibility index (Phi) is 5.36. The van der Waals surface area contributed by atoms with E-state index in [1.807, 2.05) is 57.7 Å². The van der Waals surface area contributed by atoms with Gasteiger partial charge in [-0.25, -0.2) is 0 Å². The molecule has 0 saturated carbocycles. The maximum Gasteiger partial charge on any atom is 0.259 e. The van der Waals surface area contributed by atoms with Crippen molar-refractivity contribution in [3.05, 3.63) is 59.7 Å². The van der Waals surface area contributed by atoms with Crippen molar-refractivity contribution in [3.8, 4) is 0 Å². The van der Waals surface area contributed by atoms with E-state index in [2.05, 4.69) is 10.2 Å². The van der Waals surface area contributed by atoms with Crippen molar-refractivity contribution < 1.29 is 29.7 Å². The van der Waals surface area contributed by atoms with Crippen LogP contribution in [0.4, 0.5) is 0 Å². The van der Waals surface area contributed by atoms with Crippen LogP contribution in [-0.2, 0) is 17.9 Å². The van der Waals surface area contributed by atoms with E-state index in [0.29, 0.717) is 65.6 Å². The molecule has 3 aliphatic rings. The van der Waals surface area contributed by atoms with E-state index in [-0.39, 0.29) is 25.3 Å². The summed E-state index contributed by atoms with van der Waals surface area (Å²) >= 11 is 0. The lowest BCUT2D eigenvalue weighted by atomic mass is 9.92. The Hall–Kier alpha value is -4.29. The number of carbonyl (C=O) groups is 3. The minimum Gasteiger partial charge on any atom is -0.395 e. The number of imide groups is 1. The Balaban J connectivity index is 1.43. The van der Waals surface area contributed by atoms with E-state index in [4.69, 9.17) is 0 Å². The standard InChI is InChI=1S/C31H29N5O6/c37-14-13-33-9-11-34(12-10-33)30(41)31(42)16-36-20-8-4-2-6-18(20)23-25-24(28(39)32-29(25)40)22-17-5-1-3-7-19(17)35(15-21(31)38)26(22)27(23)36/h1-8,21,37-38,42H,9-16H2,(H,32,39,40). The van der Waals surface area contributed by atoms with Gasteiger partial charge in [-0.1, -0.05) is 36.4 Å². The highest BCUT2D eigenvalue weighted by atomic mass is 16.4. The minimum atomic E-state index is -2.18. The molecule has 42 heavy (non-hydrogen) atoms. The number of amides is 3. The molecule has 2 unspecified atom stereocenters. The van der Waals surface area contributed by atoms with Crippen molar-refractivity contribution in [2.75, 3.05) is 39.3 Å². The predicted octanol–water partition coefficient (Wildman–Crippen LogP) is 1.03. The molecule has 3 aromatic carbocycles. The van der Waals surface area contributed by atoms with Gasteiger partial charge in [0, 0.05) is 65.3 Å². The lowest BCUT2D eigenvalue weighted by Gasteiger charge is -2.41. The fourth-order valence-corrected chi connectivity index (χ4v) is 7.36. The predicted molar refractivity (Wildman–Crippen MR) is 155 cm³/mol. The normalized spacial score (nSPS) is 22.8. The average Bonchev–Trinajstić information content (AvgIpc) is 3.59. The van der Waals surface area contributed by atoms with Crippen molar-refractivity contribution in [1.29, 1.82) is 0 Å². The topological polar surface area (TPSA) is 140 Å². The number of hydrogen-bond acceptors (Lipinski definition) is 7. The summed E-state index contributed by atoms with van der Waals surface area (Å²) in [6.45, 7) is 2.03. The van der Waals surface area contributed by atoms with Crippen LogP contribution in [0.3, 0.4) is 0 Å². The van der Waals surface area contributed by atoms with E-state index in [9.17, 15) is 29.7 Å². The summed E-state index contributed by atoms with van der Waals surface area (Å²) in [7, 11) is 0. The summed E-state index contributed by atoms with van der Waals surface area (Å²) in [6.07, 6.45) is -1.48. The van der Waals surface area contributed by atoms with Crippen molar-refractivity contribution in [2.45, 2.75) is 24.8 Å². The van der Waals surface area contributed by atoms with Crippen LogP contribution in [0.25, 0.3) is 43.6 Å². The van der Waals surface area contributed by atoms with E-state index >= 15 is 0 Å². The molecule has 5 aromatic rings. The zero-order chi connectivity index (χ0) is 28.9. The highest BCUT2D eigenvalue weighted by Crippen LogP contribution is 2.46. The van der Waals surface area contributed by atoms with E-state index in [1.54, 1.807) is 4.90 Å². The largest absolute Gasteiger partial charge is 0.395 e. The summed E-state index contributed by atoms with van der Waals surface area (Å²) in [5, 5.41) is 38.5. The molecule has 3 aliphatic heterocycles. The first-order chi connectivity index (χ1) is 20.3. The molecule has 2 aromatic heterocycles. The number of piperazine rings is 1. The van der Waals surface area contributed by atoms with Crippen molar-refractivity contribution >= 4 is 61.3 Å². The highest BCUT2D eigenvalue weighted by Gasteiger charge is 2.49. The van der Waals surface area contributed by atoms with Gasteiger partial charge in [0.25, 0.3) is 17.7 Å². The second-order valence-electron chi connectivity index (χ2n) is 11.5. The molecule has 1 saturated heterocycles. The average molecular weight is 568 g/mol. The summed E-state index contributed by atoms with van der Waals surface area (Å²) in [4.78, 5) is 44.4. The van der Waals surface area contributed by atoms with Crippen molar-refractivity contribution in [1.82, 2.24) is 24.3 Å². The molecule has 5 heterocycles. The third kappa shape index (κ3) is 3.21. The van der Waals surface area contributed by atoms with Gasteiger partial charge >= 0.3 is 0 Å². The van der Waals surface area contributed by atoms with Gasteiger partial charge in [0.05, 0.1) is 41.9 Å². The second-order valence-corrected chi connectivity index (χ2v) is 11.5. The summed E-state index contributed by atoms with van der Waals surface area (Å²) in [5.41, 5.74) is 1.13. The highest BCUT2D eigenvalue weighted by molar-refractivity contribution is 6.39. The van der Waals surface area contributed by atoms with Gasteiger partial charge in [-0.05, 0) is 12.1 Å². The summed E-state index contributed by atoms with van der Waals surface area (Å²) in [6, 6.07) is 14.9. The van der Waals surface area contributed by atoms with Crippen molar-refractivity contribution in [3.63, 3.8) is 0 Å². The van der Waals surface area contributed by atoms with Crippen LogP contribution < -0.4 is 5.32 Å². The molecule has 0 spiro atoms. The van der Waals surface area contributed by atoms with Gasteiger partial charge in [0.2, 0.25) is 0 Å². The van der Waals surface area contributed by atoms with Gasteiger partial charge in [0.1, 0.15) is 6.10 Å². The van der Waals surface area contributed by atoms with Gasteiger partial charge < -0.3 is 29.4 Å². The quantitative estimate of drug-likeness (QED) is 0.239. The molecule has 0 bridgehead atoms. The molecule has 8 rings (SSSR count). The van der Waals surface area contributed by atoms with Crippen LogP contribution in [0, 0.1) is 0 Å². The Labute approximate surface area is 239 Å². The molecule has 2 atom stereocenters. The number of nitrogens with zero attached hydrogens (tertiary/aromatic N) is 4. The summed E-state index contributed by atoms with van der Waals surface area (Å²) in [5.74, 6) is -1.51. The maximum absolute atomic E-state index is 14.1. The van der Waals surface area contributed by atoms with Crippen LogP contribution in [0.5, 0.6) is 0 Å². The molecule has 3 amide bonds. The molecule has 214 valence electrons. The van der Waals surface area contributed by atoms with E-state index < -0.39 is 29.4 Å². The SMILES string of the molecule is O=C1NC(=O)c2c1c1c3ccccc3n3c1c1c2c2ccccc2n1CC(O)(C(=O)N1CCN(CCO)CC1)C(O)C3. The number of aliphatic hydroxyl groups excluding tert-OH is 2. The monoisotopic (exact) mass is 567 g/mol. The first-order valence-corrected chi connectivity index (χ1v) is 14.2. The zero-order valence-electron chi connectivity index (χ0n) is 22.7. The number of aliphatic hydroxyl groups is 3. The van der Waals surface area contributed by atoms with Crippen LogP contribution in [0.15, 0.2) is 48.5 Å². The Bertz CT molecular complexity index is 2000. The minimum absolute atomic E-state index is 0.0271. The third-order valence-corrected chi connectivity index (χ3v) is 9.35. The second kappa shape index (κ2) is 8.85. The van der Waals surface area contributed by atoms with Crippen LogP contribution >= 0.6 is 0 Å². The third-order valence-electron chi connectivity index (χ3n) is 9.35. The van der Waals surface area contributed by atoms with E-state index in [0.717, 1.165) is 16.3 Å². The molecule has 11 nitrogen and oxygen atoms in total. The molecule has 11 heteroatoms. The number of fused-ring (bicyclic) bond motifs is 9. The zero-order valence-corrected chi connectivity index (χ0v) is 22.7. The molecule has 1 fully saturated rings. The van der Waals surface area contributed by atoms with E-state index in [1.165, 1.54) is 0 Å². The molecule has 0 aliphatic carbocycles. The van der Waals surface area contributed by atoms with Crippen LogP contribution in [0.1, 0.15) is 20.7 Å². The van der Waals surface area contributed by atoms with Gasteiger partial charge in [0.15, 0.2) is 5.60 Å². The van der Waals surface area contributed by atoms with Gasteiger partial charge in [-0.2, -0.15) is 0 Å². The first-order valence-electron chi connectivity index (χ1n) is 14.2. The number of rotatable bonds is 3. The molecule has 4 N–H and O–H groups in total. The number of benzene rings is 3. The smallest absolute Gasteiger partial charge is 0.259 e. The number of hydrogen-bond donors (Lipinski definition) is 4. The number of nitrogens with one attached hydrogen (secondary N) is 1. The maximum atomic E-state index is 14.1. The fourth-order valence-electron chi connectivity index (χ4n) is 7.36. The molecular formula is C31H29N5O6. The van der Waals surface area contributed by atoms with Gasteiger partial charge in [-0.15, -0.1) is 0 Å². The Morgan fingerprint density at radius 3 is 2.00 bits per heavy atom. The Morgan fingerprint density at radius 1 is 0.857 bits per heavy atom. The van der Waals surface area contributed by atoms with Crippen molar-refractivity contribution in [2.24, 2.45) is 0 Å². The van der Waals surface area contributed by atoms with Crippen LogP contribution in [0.2, 0.25) is 0 Å². The Morgan fingerprint density at radius 2 is 1.40 bits per heavy atom. The number of aromatic nitrogens is 2. The lowest BCUT2D eigenvalue weighted by molar-refractivity contribution is -0.169. The molecular weight excluding hydrogens is 538 g/mol. The number of β-amino-alcohol motifs (C(OH)–C–C–N with tert-alkyl or cyclic N) is 1. The van der Waals surface area contributed by atoms with Gasteiger partial charge in [-0.3, -0.25) is 24.6 Å². The summed E-state index contributed by atoms with van der Waals surface area (Å²) < 4.78 is 3.71.